The van der Waals surface area contributed by atoms with Crippen molar-refractivity contribution in [1.82, 2.24) is 19.9 Å². The molecule has 0 spiro atoms. The third-order valence-electron chi connectivity index (χ3n) is 5.03. The molecule has 1 aliphatic rings. The van der Waals surface area contributed by atoms with Crippen molar-refractivity contribution in [2.24, 2.45) is 0 Å². The van der Waals surface area contributed by atoms with Gasteiger partial charge in [-0.3, -0.25) is 9.59 Å². The molecule has 11 heteroatoms. The van der Waals surface area contributed by atoms with Crippen LogP contribution in [0.1, 0.15) is 31.0 Å². The molecule has 1 N–H and O–H groups in total. The molecule has 3 aromatic rings. The molecule has 158 valence electrons. The zero-order chi connectivity index (χ0) is 21.4. The summed E-state index contributed by atoms with van der Waals surface area (Å²) in [6.07, 6.45) is 1.51. The molecule has 3 heterocycles. The van der Waals surface area contributed by atoms with Gasteiger partial charge in [-0.05, 0) is 25.3 Å². The Labute approximate surface area is 173 Å². The van der Waals surface area contributed by atoms with Crippen molar-refractivity contribution in [1.29, 1.82) is 0 Å². The van der Waals surface area contributed by atoms with Crippen LogP contribution in [0.15, 0.2) is 23.0 Å². The van der Waals surface area contributed by atoms with Gasteiger partial charge in [-0.15, -0.1) is 5.10 Å². The SMILES string of the molecule is CCc1nc2sc(N3CCC[C@@H]3C(=O)NCc3cccc(F)c3F)nn2c(=O)c1F. The molecular formula is C19H18F3N5O2S. The van der Waals surface area contributed by atoms with Gasteiger partial charge in [0.05, 0.1) is 5.69 Å². The van der Waals surface area contributed by atoms with Gasteiger partial charge in [0.2, 0.25) is 21.8 Å². The molecule has 1 amide bonds. The van der Waals surface area contributed by atoms with Crippen LogP contribution in [0, 0.1) is 17.5 Å². The smallest absolute Gasteiger partial charge is 0.311 e. The summed E-state index contributed by atoms with van der Waals surface area (Å²) in [7, 11) is 0. The summed E-state index contributed by atoms with van der Waals surface area (Å²) in [4.78, 5) is 31.0. The number of carbonyl (C=O) groups is 1. The number of amides is 1. The van der Waals surface area contributed by atoms with E-state index < -0.39 is 29.1 Å². The molecule has 1 fully saturated rings. The normalized spacial score (nSPS) is 16.4. The highest BCUT2D eigenvalue weighted by Crippen LogP contribution is 2.29. The van der Waals surface area contributed by atoms with E-state index in [9.17, 15) is 22.8 Å². The maximum Gasteiger partial charge on any atom is 0.311 e. The van der Waals surface area contributed by atoms with E-state index in [2.05, 4.69) is 15.4 Å². The molecule has 0 bridgehead atoms. The molecule has 1 aliphatic heterocycles. The monoisotopic (exact) mass is 437 g/mol. The van der Waals surface area contributed by atoms with E-state index in [1.165, 1.54) is 12.1 Å². The third kappa shape index (κ3) is 3.53. The van der Waals surface area contributed by atoms with E-state index in [1.54, 1.807) is 11.8 Å². The van der Waals surface area contributed by atoms with Gasteiger partial charge >= 0.3 is 5.56 Å². The highest BCUT2D eigenvalue weighted by atomic mass is 32.1. The summed E-state index contributed by atoms with van der Waals surface area (Å²) in [5.41, 5.74) is -0.754. The van der Waals surface area contributed by atoms with Crippen molar-refractivity contribution >= 4 is 27.3 Å². The Kier molecular flexibility index (Phi) is 5.46. The Morgan fingerprint density at radius 1 is 1.30 bits per heavy atom. The second-order valence-electron chi connectivity index (χ2n) is 6.89. The van der Waals surface area contributed by atoms with E-state index in [1.807, 2.05) is 0 Å². The molecule has 0 saturated carbocycles. The first-order valence-electron chi connectivity index (χ1n) is 9.46. The van der Waals surface area contributed by atoms with Gasteiger partial charge in [0.25, 0.3) is 0 Å². The number of hydrogen-bond donors (Lipinski definition) is 1. The van der Waals surface area contributed by atoms with Crippen LogP contribution in [0.3, 0.4) is 0 Å². The van der Waals surface area contributed by atoms with Crippen LogP contribution in [0.4, 0.5) is 18.3 Å². The lowest BCUT2D eigenvalue weighted by molar-refractivity contribution is -0.122. The first kappa shape index (κ1) is 20.3. The predicted molar refractivity (Wildman–Crippen MR) is 105 cm³/mol. The van der Waals surface area contributed by atoms with Crippen LogP contribution < -0.4 is 15.8 Å². The van der Waals surface area contributed by atoms with Crippen molar-refractivity contribution in [3.05, 3.63) is 57.3 Å². The molecule has 0 radical (unpaired) electrons. The molecule has 1 aromatic carbocycles. The van der Waals surface area contributed by atoms with E-state index in [-0.39, 0.29) is 35.1 Å². The van der Waals surface area contributed by atoms with Gasteiger partial charge in [0.15, 0.2) is 11.6 Å². The van der Waals surface area contributed by atoms with Crippen LogP contribution >= 0.6 is 11.3 Å². The minimum atomic E-state index is -0.994. The summed E-state index contributed by atoms with van der Waals surface area (Å²) < 4.78 is 42.1. The maximum atomic E-state index is 14.1. The number of benzene rings is 1. The molecule has 30 heavy (non-hydrogen) atoms. The number of halogens is 3. The van der Waals surface area contributed by atoms with Crippen LogP contribution in [0.5, 0.6) is 0 Å². The fraction of sp³-hybridized carbons (Fsp3) is 0.368. The Balaban J connectivity index is 1.56. The molecule has 2 aromatic heterocycles. The van der Waals surface area contributed by atoms with Crippen molar-refractivity contribution in [3.63, 3.8) is 0 Å². The van der Waals surface area contributed by atoms with Gasteiger partial charge in [0.1, 0.15) is 6.04 Å². The Bertz CT molecular complexity index is 1180. The third-order valence-corrected chi connectivity index (χ3v) is 5.98. The molecular weight excluding hydrogens is 419 g/mol. The van der Waals surface area contributed by atoms with Crippen molar-refractivity contribution < 1.29 is 18.0 Å². The minimum Gasteiger partial charge on any atom is -0.350 e. The average Bonchev–Trinajstić information content (AvgIpc) is 3.38. The van der Waals surface area contributed by atoms with Gasteiger partial charge < -0.3 is 10.2 Å². The molecule has 1 saturated heterocycles. The number of nitrogens with one attached hydrogen (secondary N) is 1. The predicted octanol–water partition coefficient (Wildman–Crippen LogP) is 2.42. The van der Waals surface area contributed by atoms with Crippen LogP contribution in [0.25, 0.3) is 4.96 Å². The zero-order valence-corrected chi connectivity index (χ0v) is 16.8. The van der Waals surface area contributed by atoms with Crippen LogP contribution in [0.2, 0.25) is 0 Å². The second-order valence-corrected chi connectivity index (χ2v) is 7.83. The number of hydrogen-bond acceptors (Lipinski definition) is 6. The largest absolute Gasteiger partial charge is 0.350 e. The van der Waals surface area contributed by atoms with Gasteiger partial charge in [-0.2, -0.15) is 8.91 Å². The van der Waals surface area contributed by atoms with Crippen LogP contribution in [-0.4, -0.2) is 33.1 Å². The summed E-state index contributed by atoms with van der Waals surface area (Å²) in [6, 6.07) is 3.19. The quantitative estimate of drug-likeness (QED) is 0.663. The molecule has 7 nitrogen and oxygen atoms in total. The number of rotatable bonds is 5. The second kappa shape index (κ2) is 8.05. The van der Waals surface area contributed by atoms with E-state index in [0.717, 1.165) is 21.9 Å². The molecule has 1 atom stereocenters. The Hall–Kier alpha value is -2.95. The molecule has 0 aliphatic carbocycles. The summed E-state index contributed by atoms with van der Waals surface area (Å²) in [5.74, 6) is -3.27. The van der Waals surface area contributed by atoms with E-state index in [4.69, 9.17) is 0 Å². The topological polar surface area (TPSA) is 79.6 Å². The lowest BCUT2D eigenvalue weighted by Gasteiger charge is -2.22. The van der Waals surface area contributed by atoms with Gasteiger partial charge in [-0.1, -0.05) is 30.4 Å². The standard InChI is InChI=1S/C19H18F3N5O2S/c1-2-12-15(22)17(29)27-18(24-12)30-19(25-27)26-8-4-7-13(26)16(28)23-9-10-5-3-6-11(20)14(10)21/h3,5-6,13H,2,4,7-9H2,1H3,(H,23,28)/t13-/m1/s1. The number of aryl methyl sites for hydroxylation is 1. The molecule has 4 rings (SSSR count). The number of anilines is 1. The van der Waals surface area contributed by atoms with Crippen molar-refractivity contribution in [2.45, 2.75) is 38.8 Å². The average molecular weight is 437 g/mol. The minimum absolute atomic E-state index is 0.0474. The summed E-state index contributed by atoms with van der Waals surface area (Å²) in [6.45, 7) is 2.06. The number of nitrogens with zero attached hydrogens (tertiary/aromatic N) is 4. The van der Waals surface area contributed by atoms with Crippen molar-refractivity contribution in [2.75, 3.05) is 11.4 Å². The lowest BCUT2D eigenvalue weighted by atomic mass is 10.1. The summed E-state index contributed by atoms with van der Waals surface area (Å²) >= 11 is 1.10. The first-order valence-corrected chi connectivity index (χ1v) is 10.3. The Morgan fingerprint density at radius 2 is 2.10 bits per heavy atom. The van der Waals surface area contributed by atoms with Gasteiger partial charge in [0, 0.05) is 18.7 Å². The van der Waals surface area contributed by atoms with Crippen LogP contribution in [-0.2, 0) is 17.8 Å². The van der Waals surface area contributed by atoms with E-state index in [0.29, 0.717) is 24.5 Å². The highest BCUT2D eigenvalue weighted by molar-refractivity contribution is 7.20. The maximum absolute atomic E-state index is 14.1. The number of carbonyl (C=O) groups excluding carboxylic acids is 1. The number of aromatic nitrogens is 3. The van der Waals surface area contributed by atoms with Gasteiger partial charge in [-0.25, -0.2) is 13.8 Å². The van der Waals surface area contributed by atoms with E-state index >= 15 is 0 Å². The fourth-order valence-corrected chi connectivity index (χ4v) is 4.45. The Morgan fingerprint density at radius 3 is 2.87 bits per heavy atom. The molecule has 0 unspecified atom stereocenters. The highest BCUT2D eigenvalue weighted by Gasteiger charge is 2.33. The fourth-order valence-electron chi connectivity index (χ4n) is 3.46. The summed E-state index contributed by atoms with van der Waals surface area (Å²) in [5, 5.41) is 7.17. The zero-order valence-electron chi connectivity index (χ0n) is 16.0. The lowest BCUT2D eigenvalue weighted by Crippen LogP contribution is -2.43. The first-order chi connectivity index (χ1) is 14.4. The van der Waals surface area contributed by atoms with Crippen molar-refractivity contribution in [3.8, 4) is 0 Å². The number of fused-ring (bicyclic) bond motifs is 1.